The van der Waals surface area contributed by atoms with Crippen LogP contribution in [0.2, 0.25) is 0 Å². The molecule has 0 N–H and O–H groups in total. The quantitative estimate of drug-likeness (QED) is 0.271. The first-order chi connectivity index (χ1) is 15.8. The first-order valence-corrected chi connectivity index (χ1v) is 12.1. The van der Waals surface area contributed by atoms with Gasteiger partial charge in [0.1, 0.15) is 0 Å². The molecule has 6 aromatic rings. The Bertz CT molecular complexity index is 1400. The molecule has 0 aliphatic rings. The van der Waals surface area contributed by atoms with Crippen LogP contribution in [-0.2, 0) is 0 Å². The largest absolute Gasteiger partial charge is 0.252 e. The molecule has 4 heteroatoms. The van der Waals surface area contributed by atoms with Crippen LogP contribution in [0.3, 0.4) is 0 Å². The summed E-state index contributed by atoms with van der Waals surface area (Å²) in [6.07, 6.45) is 3.85. The van der Waals surface area contributed by atoms with Crippen molar-refractivity contribution in [2.45, 2.75) is 0 Å². The summed E-state index contributed by atoms with van der Waals surface area (Å²) in [6, 6.07) is 30.8. The monoisotopic (exact) mass is 446 g/mol. The first-order valence-electron chi connectivity index (χ1n) is 10.4. The van der Waals surface area contributed by atoms with Crippen LogP contribution in [0, 0.1) is 0 Å². The summed E-state index contributed by atoms with van der Waals surface area (Å²) in [5.41, 5.74) is 11.1. The Hall–Kier alpha value is -3.60. The van der Waals surface area contributed by atoms with Crippen LogP contribution in [0.5, 0.6) is 0 Å². The van der Waals surface area contributed by atoms with Gasteiger partial charge in [-0.15, -0.1) is 22.7 Å². The SMILES string of the molecule is c1cc(-c2ccc3cc(-c4cccc(-c5cncs5)c4)ccc3c2)cc(-c2cncs2)c1. The second-order valence-corrected chi connectivity index (χ2v) is 9.44. The lowest BCUT2D eigenvalue weighted by molar-refractivity contribution is 1.42. The summed E-state index contributed by atoms with van der Waals surface area (Å²) in [5, 5.41) is 2.49. The third-order valence-corrected chi connectivity index (χ3v) is 7.31. The molecular formula is C28H18N2S2. The highest BCUT2D eigenvalue weighted by Gasteiger charge is 2.07. The third-order valence-electron chi connectivity index (χ3n) is 5.67. The second-order valence-electron chi connectivity index (χ2n) is 7.67. The Morgan fingerprint density at radius 2 is 0.875 bits per heavy atom. The molecule has 6 rings (SSSR count). The normalized spacial score (nSPS) is 11.1. The molecule has 2 aromatic heterocycles. The number of thiazole rings is 2. The number of rotatable bonds is 4. The predicted molar refractivity (Wildman–Crippen MR) is 137 cm³/mol. The van der Waals surface area contributed by atoms with Gasteiger partial charge in [0.25, 0.3) is 0 Å². The molecule has 32 heavy (non-hydrogen) atoms. The van der Waals surface area contributed by atoms with Crippen molar-refractivity contribution in [1.29, 1.82) is 0 Å². The Morgan fingerprint density at radius 1 is 0.438 bits per heavy atom. The molecule has 0 bridgehead atoms. The Labute approximate surface area is 194 Å². The third kappa shape index (κ3) is 3.64. The summed E-state index contributed by atoms with van der Waals surface area (Å²) >= 11 is 3.34. The fourth-order valence-electron chi connectivity index (χ4n) is 4.03. The molecule has 0 aliphatic carbocycles. The lowest BCUT2D eigenvalue weighted by atomic mass is 9.96. The maximum absolute atomic E-state index is 4.21. The average molecular weight is 447 g/mol. The number of hydrogen-bond donors (Lipinski definition) is 0. The van der Waals surface area contributed by atoms with Gasteiger partial charge in [0.2, 0.25) is 0 Å². The number of fused-ring (bicyclic) bond motifs is 1. The Morgan fingerprint density at radius 3 is 1.31 bits per heavy atom. The number of benzene rings is 4. The van der Waals surface area contributed by atoms with Crippen LogP contribution < -0.4 is 0 Å². The van der Waals surface area contributed by atoms with Crippen molar-refractivity contribution >= 4 is 33.4 Å². The lowest BCUT2D eigenvalue weighted by Crippen LogP contribution is -1.83. The van der Waals surface area contributed by atoms with Crippen molar-refractivity contribution in [1.82, 2.24) is 9.97 Å². The fourth-order valence-corrected chi connectivity index (χ4v) is 5.27. The highest BCUT2D eigenvalue weighted by atomic mass is 32.1. The van der Waals surface area contributed by atoms with E-state index < -0.39 is 0 Å². The maximum atomic E-state index is 4.21. The summed E-state index contributed by atoms with van der Waals surface area (Å²) in [6.45, 7) is 0. The number of hydrogen-bond acceptors (Lipinski definition) is 4. The molecule has 0 saturated carbocycles. The van der Waals surface area contributed by atoms with E-state index in [1.54, 1.807) is 22.7 Å². The molecule has 0 amide bonds. The van der Waals surface area contributed by atoms with Gasteiger partial charge < -0.3 is 0 Å². The van der Waals surface area contributed by atoms with E-state index >= 15 is 0 Å². The number of nitrogens with zero attached hydrogens (tertiary/aromatic N) is 2. The smallest absolute Gasteiger partial charge is 0.0797 e. The van der Waals surface area contributed by atoms with Crippen LogP contribution in [0.1, 0.15) is 0 Å². The van der Waals surface area contributed by atoms with E-state index in [1.165, 1.54) is 53.9 Å². The second kappa shape index (κ2) is 8.15. The average Bonchev–Trinajstić information content (AvgIpc) is 3.59. The van der Waals surface area contributed by atoms with E-state index in [1.807, 2.05) is 23.4 Å². The molecule has 0 fully saturated rings. The van der Waals surface area contributed by atoms with Gasteiger partial charge in [-0.25, -0.2) is 0 Å². The molecule has 0 aliphatic heterocycles. The molecule has 2 nitrogen and oxygen atoms in total. The van der Waals surface area contributed by atoms with E-state index in [4.69, 9.17) is 0 Å². The highest BCUT2D eigenvalue weighted by molar-refractivity contribution is 7.13. The molecule has 2 heterocycles. The number of aromatic nitrogens is 2. The molecule has 4 aromatic carbocycles. The zero-order chi connectivity index (χ0) is 21.3. The summed E-state index contributed by atoms with van der Waals surface area (Å²) in [7, 11) is 0. The molecular weight excluding hydrogens is 428 g/mol. The van der Waals surface area contributed by atoms with Gasteiger partial charge >= 0.3 is 0 Å². The van der Waals surface area contributed by atoms with E-state index in [9.17, 15) is 0 Å². The molecule has 0 radical (unpaired) electrons. The lowest BCUT2D eigenvalue weighted by Gasteiger charge is -2.09. The molecule has 0 atom stereocenters. The highest BCUT2D eigenvalue weighted by Crippen LogP contribution is 2.33. The van der Waals surface area contributed by atoms with Gasteiger partial charge in [0.05, 0.1) is 20.8 Å². The van der Waals surface area contributed by atoms with Crippen LogP contribution >= 0.6 is 22.7 Å². The minimum atomic E-state index is 1.19. The first kappa shape index (κ1) is 19.1. The van der Waals surface area contributed by atoms with Crippen LogP contribution in [-0.4, -0.2) is 9.97 Å². The maximum Gasteiger partial charge on any atom is 0.0797 e. The van der Waals surface area contributed by atoms with Crippen molar-refractivity contribution in [2.24, 2.45) is 0 Å². The summed E-state index contributed by atoms with van der Waals surface area (Å²) in [4.78, 5) is 10.8. The van der Waals surface area contributed by atoms with Gasteiger partial charge in [-0.3, -0.25) is 9.97 Å². The Kier molecular flexibility index (Phi) is 4.87. The van der Waals surface area contributed by atoms with Crippen molar-refractivity contribution in [3.63, 3.8) is 0 Å². The predicted octanol–water partition coefficient (Wildman–Crippen LogP) is 8.42. The van der Waals surface area contributed by atoms with Gasteiger partial charge in [-0.2, -0.15) is 0 Å². The standard InChI is InChI=1S/C28H18N2S2/c1-3-19(13-25(5-1)27-15-29-17-31-27)21-7-9-24-12-22(8-10-23(24)11-21)20-4-2-6-26(14-20)28-16-30-18-32-28/h1-18H. The van der Waals surface area contributed by atoms with Gasteiger partial charge in [0, 0.05) is 12.4 Å². The van der Waals surface area contributed by atoms with Gasteiger partial charge in [-0.05, 0) is 68.4 Å². The zero-order valence-corrected chi connectivity index (χ0v) is 18.7. The summed E-state index contributed by atoms with van der Waals surface area (Å²) < 4.78 is 0. The molecule has 0 unspecified atom stereocenters. The van der Waals surface area contributed by atoms with Crippen LogP contribution in [0.25, 0.3) is 53.9 Å². The molecule has 0 spiro atoms. The van der Waals surface area contributed by atoms with Crippen molar-refractivity contribution in [3.05, 3.63) is 108 Å². The summed E-state index contributed by atoms with van der Waals surface area (Å²) in [5.74, 6) is 0. The molecule has 0 saturated heterocycles. The van der Waals surface area contributed by atoms with E-state index in [2.05, 4.69) is 94.9 Å². The minimum Gasteiger partial charge on any atom is -0.252 e. The van der Waals surface area contributed by atoms with Gasteiger partial charge in [-0.1, -0.05) is 60.7 Å². The van der Waals surface area contributed by atoms with Crippen LogP contribution in [0.4, 0.5) is 0 Å². The van der Waals surface area contributed by atoms with E-state index in [0.29, 0.717) is 0 Å². The van der Waals surface area contributed by atoms with Crippen LogP contribution in [0.15, 0.2) is 108 Å². The fraction of sp³-hybridized carbons (Fsp3) is 0. The van der Waals surface area contributed by atoms with Crippen molar-refractivity contribution in [2.75, 3.05) is 0 Å². The van der Waals surface area contributed by atoms with Crippen molar-refractivity contribution in [3.8, 4) is 43.1 Å². The van der Waals surface area contributed by atoms with Crippen molar-refractivity contribution < 1.29 is 0 Å². The molecule has 152 valence electrons. The Balaban J connectivity index is 1.36. The van der Waals surface area contributed by atoms with E-state index in [0.717, 1.165) is 0 Å². The zero-order valence-electron chi connectivity index (χ0n) is 17.1. The minimum absolute atomic E-state index is 1.19. The van der Waals surface area contributed by atoms with Gasteiger partial charge in [0.15, 0.2) is 0 Å². The topological polar surface area (TPSA) is 25.8 Å². The van der Waals surface area contributed by atoms with E-state index in [-0.39, 0.29) is 0 Å².